The number of rotatable bonds is 6. The predicted molar refractivity (Wildman–Crippen MR) is 65.4 cm³/mol. The van der Waals surface area contributed by atoms with Gasteiger partial charge < -0.3 is 10.4 Å². The lowest BCUT2D eigenvalue weighted by molar-refractivity contribution is -0.137. The first kappa shape index (κ1) is 16.3. The van der Waals surface area contributed by atoms with Crippen LogP contribution in [0.25, 0.3) is 0 Å². The Morgan fingerprint density at radius 3 is 2.70 bits per heavy atom. The quantitative estimate of drug-likeness (QED) is 0.622. The Morgan fingerprint density at radius 1 is 1.40 bits per heavy atom. The van der Waals surface area contributed by atoms with Crippen molar-refractivity contribution in [2.45, 2.75) is 23.4 Å². The minimum absolute atomic E-state index is 0.0656. The number of hydrogen-bond acceptors (Lipinski definition) is 4. The van der Waals surface area contributed by atoms with Crippen molar-refractivity contribution in [3.63, 3.8) is 0 Å². The summed E-state index contributed by atoms with van der Waals surface area (Å²) in [5.41, 5.74) is -4.72. The highest BCUT2D eigenvalue weighted by molar-refractivity contribution is 8.00. The topological polar surface area (TPSA) is 79.3 Å². The second-order valence-corrected chi connectivity index (χ2v) is 4.71. The highest BCUT2D eigenvalue weighted by atomic mass is 32.2. The molecule has 1 aromatic rings. The summed E-state index contributed by atoms with van der Waals surface area (Å²) >= 11 is -0.466. The summed E-state index contributed by atoms with van der Waals surface area (Å²) < 4.78 is 36.9. The van der Waals surface area contributed by atoms with Gasteiger partial charge in [-0.25, -0.2) is 4.98 Å². The molecule has 0 bridgehead atoms. The first-order valence-electron chi connectivity index (χ1n) is 5.50. The average Bonchev–Trinajstić information content (AvgIpc) is 2.33. The van der Waals surface area contributed by atoms with Gasteiger partial charge >= 0.3 is 11.5 Å². The lowest BCUT2D eigenvalue weighted by Crippen LogP contribution is -2.26. The zero-order chi connectivity index (χ0) is 15.2. The number of hydrogen-bond donors (Lipinski definition) is 2. The summed E-state index contributed by atoms with van der Waals surface area (Å²) in [5.74, 6) is -1.72. The van der Waals surface area contributed by atoms with Crippen molar-refractivity contribution in [2.24, 2.45) is 0 Å². The Kier molecular flexibility index (Phi) is 5.81. The van der Waals surface area contributed by atoms with E-state index in [1.165, 1.54) is 12.1 Å². The van der Waals surface area contributed by atoms with Crippen LogP contribution < -0.4 is 5.32 Å². The molecule has 0 aliphatic carbocycles. The number of nitrogens with zero attached hydrogens (tertiary/aromatic N) is 1. The number of halogens is 3. The van der Waals surface area contributed by atoms with Crippen LogP contribution in [0, 0.1) is 0 Å². The molecule has 5 nitrogen and oxygen atoms in total. The van der Waals surface area contributed by atoms with Crippen LogP contribution in [0.3, 0.4) is 0 Å². The van der Waals surface area contributed by atoms with Crippen molar-refractivity contribution in [2.75, 3.05) is 6.54 Å². The fourth-order valence-corrected chi connectivity index (χ4v) is 1.89. The number of carboxylic acid groups (broad SMARTS) is 1. The summed E-state index contributed by atoms with van der Waals surface area (Å²) in [4.78, 5) is 25.5. The van der Waals surface area contributed by atoms with Gasteiger partial charge in [-0.2, -0.15) is 13.2 Å². The van der Waals surface area contributed by atoms with Crippen molar-refractivity contribution in [1.29, 1.82) is 0 Å². The van der Waals surface area contributed by atoms with Crippen molar-refractivity contribution in [3.05, 3.63) is 23.9 Å². The van der Waals surface area contributed by atoms with Crippen LogP contribution >= 0.6 is 11.8 Å². The number of carbonyl (C=O) groups excluding carboxylic acids is 1. The molecule has 0 radical (unpaired) electrons. The molecule has 0 spiro atoms. The third-order valence-electron chi connectivity index (χ3n) is 2.08. The van der Waals surface area contributed by atoms with Gasteiger partial charge in [0.1, 0.15) is 5.03 Å². The maximum Gasteiger partial charge on any atom is 0.447 e. The average molecular weight is 308 g/mol. The molecule has 0 unspecified atom stereocenters. The van der Waals surface area contributed by atoms with Gasteiger partial charge in [-0.1, -0.05) is 0 Å². The summed E-state index contributed by atoms with van der Waals surface area (Å²) in [6.07, 6.45) is 1.23. The number of amides is 1. The largest absolute Gasteiger partial charge is 0.481 e. The lowest BCUT2D eigenvalue weighted by Gasteiger charge is -2.10. The van der Waals surface area contributed by atoms with E-state index in [-0.39, 0.29) is 24.9 Å². The van der Waals surface area contributed by atoms with Gasteiger partial charge in [0.2, 0.25) is 0 Å². The molecule has 1 rings (SSSR count). The highest BCUT2D eigenvalue weighted by Crippen LogP contribution is 2.37. The van der Waals surface area contributed by atoms with E-state index in [4.69, 9.17) is 5.11 Å². The van der Waals surface area contributed by atoms with Crippen LogP contribution in [0.15, 0.2) is 23.4 Å². The minimum Gasteiger partial charge on any atom is -0.481 e. The van der Waals surface area contributed by atoms with Gasteiger partial charge in [0.25, 0.3) is 5.91 Å². The van der Waals surface area contributed by atoms with Gasteiger partial charge in [-0.05, 0) is 18.6 Å². The Labute approximate surface area is 116 Å². The molecule has 9 heteroatoms. The Balaban J connectivity index is 2.65. The number of nitrogens with one attached hydrogen (secondary N) is 1. The van der Waals surface area contributed by atoms with Crippen LogP contribution in [0.4, 0.5) is 13.2 Å². The van der Waals surface area contributed by atoms with Crippen LogP contribution in [0.5, 0.6) is 0 Å². The zero-order valence-electron chi connectivity index (χ0n) is 10.1. The SMILES string of the molecule is O=C(O)CCCNC(=O)c1cccnc1SC(F)(F)F. The summed E-state index contributed by atoms with van der Waals surface area (Å²) in [6.45, 7) is 0.0656. The normalized spacial score (nSPS) is 11.2. The molecule has 0 aromatic carbocycles. The van der Waals surface area contributed by atoms with Crippen molar-refractivity contribution < 1.29 is 27.9 Å². The third kappa shape index (κ3) is 5.91. The standard InChI is InChI=1S/C11H11F3N2O3S/c12-11(13,14)20-10-7(3-1-6-16-10)9(19)15-5-2-4-8(17)18/h1,3,6H,2,4-5H2,(H,15,19)(H,17,18). The first-order chi connectivity index (χ1) is 9.29. The van der Waals surface area contributed by atoms with E-state index in [2.05, 4.69) is 10.3 Å². The molecule has 1 aromatic heterocycles. The van der Waals surface area contributed by atoms with E-state index in [0.29, 0.717) is 0 Å². The van der Waals surface area contributed by atoms with E-state index in [0.717, 1.165) is 6.20 Å². The molecule has 0 saturated carbocycles. The van der Waals surface area contributed by atoms with Crippen LogP contribution in [0.1, 0.15) is 23.2 Å². The number of carboxylic acids is 1. The molecule has 0 atom stereocenters. The highest BCUT2D eigenvalue weighted by Gasteiger charge is 2.32. The summed E-state index contributed by atoms with van der Waals surface area (Å²) in [7, 11) is 0. The molecule has 0 aliphatic heterocycles. The molecule has 2 N–H and O–H groups in total. The van der Waals surface area contributed by atoms with E-state index >= 15 is 0 Å². The number of carbonyl (C=O) groups is 2. The number of pyridine rings is 1. The number of thioether (sulfide) groups is 1. The molecule has 1 heterocycles. The van der Waals surface area contributed by atoms with E-state index in [9.17, 15) is 22.8 Å². The van der Waals surface area contributed by atoms with Crippen molar-refractivity contribution in [3.8, 4) is 0 Å². The maximum atomic E-state index is 12.3. The summed E-state index contributed by atoms with van der Waals surface area (Å²) in [5, 5.41) is 10.3. The Bertz CT molecular complexity index is 494. The second-order valence-electron chi connectivity index (χ2n) is 3.66. The molecule has 20 heavy (non-hydrogen) atoms. The molecular formula is C11H11F3N2O3S. The molecule has 0 saturated heterocycles. The number of aromatic nitrogens is 1. The molecule has 0 aliphatic rings. The Hall–Kier alpha value is -1.77. The van der Waals surface area contributed by atoms with E-state index < -0.39 is 34.2 Å². The first-order valence-corrected chi connectivity index (χ1v) is 6.32. The molecular weight excluding hydrogens is 297 g/mol. The number of aliphatic carboxylic acids is 1. The second kappa shape index (κ2) is 7.13. The van der Waals surface area contributed by atoms with Gasteiger partial charge in [0, 0.05) is 30.9 Å². The van der Waals surface area contributed by atoms with Gasteiger partial charge in [0.05, 0.1) is 5.56 Å². The zero-order valence-corrected chi connectivity index (χ0v) is 10.9. The van der Waals surface area contributed by atoms with Gasteiger partial charge in [0.15, 0.2) is 0 Å². The fraction of sp³-hybridized carbons (Fsp3) is 0.364. The van der Waals surface area contributed by atoms with E-state index in [1.54, 1.807) is 0 Å². The fourth-order valence-electron chi connectivity index (χ4n) is 1.29. The smallest absolute Gasteiger partial charge is 0.447 e. The van der Waals surface area contributed by atoms with Gasteiger partial charge in [-0.15, -0.1) is 0 Å². The van der Waals surface area contributed by atoms with Crippen LogP contribution in [-0.4, -0.2) is 34.0 Å². The molecule has 110 valence electrons. The third-order valence-corrected chi connectivity index (χ3v) is 2.83. The monoisotopic (exact) mass is 308 g/mol. The maximum absolute atomic E-state index is 12.3. The van der Waals surface area contributed by atoms with Gasteiger partial charge in [-0.3, -0.25) is 9.59 Å². The predicted octanol–water partition coefficient (Wildman–Crippen LogP) is 2.29. The summed E-state index contributed by atoms with van der Waals surface area (Å²) in [6, 6.07) is 2.58. The molecule has 1 amide bonds. The Morgan fingerprint density at radius 2 is 2.10 bits per heavy atom. The van der Waals surface area contributed by atoms with Crippen LogP contribution in [-0.2, 0) is 4.79 Å². The van der Waals surface area contributed by atoms with Crippen molar-refractivity contribution >= 4 is 23.6 Å². The van der Waals surface area contributed by atoms with E-state index in [1.807, 2.05) is 0 Å². The number of alkyl halides is 3. The molecule has 0 fully saturated rings. The lowest BCUT2D eigenvalue weighted by atomic mass is 10.2. The minimum atomic E-state index is -4.54. The van der Waals surface area contributed by atoms with Crippen molar-refractivity contribution in [1.82, 2.24) is 10.3 Å². The van der Waals surface area contributed by atoms with Crippen LogP contribution in [0.2, 0.25) is 0 Å².